The SMILES string of the molecule is COC1(CC(Cl)c2cc(F)c(F)cc2F)CCC1. The summed E-state index contributed by atoms with van der Waals surface area (Å²) in [5, 5.41) is -0.722. The predicted molar refractivity (Wildman–Crippen MR) is 63.1 cm³/mol. The maximum absolute atomic E-state index is 13.6. The van der Waals surface area contributed by atoms with Gasteiger partial charge in [0, 0.05) is 18.7 Å². The maximum Gasteiger partial charge on any atom is 0.161 e. The zero-order valence-corrected chi connectivity index (χ0v) is 10.7. The monoisotopic (exact) mass is 278 g/mol. The number of alkyl halides is 1. The van der Waals surface area contributed by atoms with Crippen LogP contribution < -0.4 is 0 Å². The first-order chi connectivity index (χ1) is 8.47. The van der Waals surface area contributed by atoms with E-state index in [1.165, 1.54) is 0 Å². The molecule has 18 heavy (non-hydrogen) atoms. The minimum Gasteiger partial charge on any atom is -0.378 e. The molecule has 2 rings (SSSR count). The third kappa shape index (κ3) is 2.50. The molecule has 1 aromatic carbocycles. The molecule has 1 aliphatic carbocycles. The molecule has 5 heteroatoms. The highest BCUT2D eigenvalue weighted by Gasteiger charge is 2.39. The van der Waals surface area contributed by atoms with Crippen LogP contribution in [-0.4, -0.2) is 12.7 Å². The van der Waals surface area contributed by atoms with Crippen molar-refractivity contribution in [3.05, 3.63) is 35.1 Å². The van der Waals surface area contributed by atoms with Crippen molar-refractivity contribution in [3.8, 4) is 0 Å². The first-order valence-electron chi connectivity index (χ1n) is 5.81. The zero-order valence-electron chi connectivity index (χ0n) is 9.98. The van der Waals surface area contributed by atoms with Crippen LogP contribution in [0.2, 0.25) is 0 Å². The minimum atomic E-state index is -1.20. The molecule has 1 aromatic rings. The first-order valence-corrected chi connectivity index (χ1v) is 6.25. The van der Waals surface area contributed by atoms with Crippen LogP contribution in [0.1, 0.15) is 36.6 Å². The lowest BCUT2D eigenvalue weighted by atomic mass is 9.76. The number of hydrogen-bond acceptors (Lipinski definition) is 1. The Hall–Kier alpha value is -0.740. The molecular formula is C13H14ClF3O. The lowest BCUT2D eigenvalue weighted by Gasteiger charge is -2.41. The van der Waals surface area contributed by atoms with Crippen LogP contribution in [0.25, 0.3) is 0 Å². The van der Waals surface area contributed by atoms with E-state index in [0.717, 1.165) is 25.3 Å². The fraction of sp³-hybridized carbons (Fsp3) is 0.538. The molecule has 0 aliphatic heterocycles. The molecule has 1 atom stereocenters. The first kappa shape index (κ1) is 13.7. The summed E-state index contributed by atoms with van der Waals surface area (Å²) in [6.45, 7) is 0. The van der Waals surface area contributed by atoms with Gasteiger partial charge in [-0.15, -0.1) is 11.6 Å². The van der Waals surface area contributed by atoms with Gasteiger partial charge < -0.3 is 4.74 Å². The molecule has 1 unspecified atom stereocenters. The Morgan fingerprint density at radius 1 is 1.22 bits per heavy atom. The van der Waals surface area contributed by atoms with E-state index in [2.05, 4.69) is 0 Å². The van der Waals surface area contributed by atoms with E-state index < -0.39 is 22.8 Å². The number of hydrogen-bond donors (Lipinski definition) is 0. The van der Waals surface area contributed by atoms with Gasteiger partial charge in [0.15, 0.2) is 11.6 Å². The molecule has 0 N–H and O–H groups in total. The maximum atomic E-state index is 13.6. The van der Waals surface area contributed by atoms with Gasteiger partial charge in [-0.1, -0.05) is 0 Å². The van der Waals surface area contributed by atoms with Crippen LogP contribution in [-0.2, 0) is 4.74 Å². The van der Waals surface area contributed by atoms with Crippen LogP contribution in [0.4, 0.5) is 13.2 Å². The number of rotatable bonds is 4. The largest absolute Gasteiger partial charge is 0.378 e. The van der Waals surface area contributed by atoms with Crippen molar-refractivity contribution in [1.82, 2.24) is 0 Å². The normalized spacial score (nSPS) is 19.4. The topological polar surface area (TPSA) is 9.23 Å². The average Bonchev–Trinajstić information content (AvgIpc) is 2.28. The van der Waals surface area contributed by atoms with Crippen molar-refractivity contribution in [2.75, 3.05) is 7.11 Å². The molecule has 0 aromatic heterocycles. The van der Waals surface area contributed by atoms with Gasteiger partial charge in [0.05, 0.1) is 11.0 Å². The molecule has 0 spiro atoms. The van der Waals surface area contributed by atoms with Crippen LogP contribution in [0.5, 0.6) is 0 Å². The van der Waals surface area contributed by atoms with Gasteiger partial charge in [-0.3, -0.25) is 0 Å². The van der Waals surface area contributed by atoms with Crippen LogP contribution >= 0.6 is 11.6 Å². The van der Waals surface area contributed by atoms with Crippen LogP contribution in [0.3, 0.4) is 0 Å². The highest BCUT2D eigenvalue weighted by Crippen LogP contribution is 2.44. The summed E-state index contributed by atoms with van der Waals surface area (Å²) in [7, 11) is 1.59. The third-order valence-electron chi connectivity index (χ3n) is 3.63. The van der Waals surface area contributed by atoms with Gasteiger partial charge in [0.2, 0.25) is 0 Å². The number of benzene rings is 1. The Morgan fingerprint density at radius 2 is 1.83 bits per heavy atom. The fourth-order valence-electron chi connectivity index (χ4n) is 2.28. The van der Waals surface area contributed by atoms with Crippen molar-refractivity contribution in [3.63, 3.8) is 0 Å². The van der Waals surface area contributed by atoms with Crippen molar-refractivity contribution >= 4 is 11.6 Å². The number of ether oxygens (including phenoxy) is 1. The van der Waals surface area contributed by atoms with Crippen molar-refractivity contribution in [2.45, 2.75) is 36.7 Å². The van der Waals surface area contributed by atoms with Crippen molar-refractivity contribution in [2.24, 2.45) is 0 Å². The predicted octanol–water partition coefficient (Wildman–Crippen LogP) is 4.34. The number of methoxy groups -OCH3 is 1. The molecule has 0 bridgehead atoms. The summed E-state index contributed by atoms with van der Waals surface area (Å²) in [5.74, 6) is -3.11. The minimum absolute atomic E-state index is 0.0149. The van der Waals surface area contributed by atoms with Gasteiger partial charge in [0.1, 0.15) is 5.82 Å². The second-order valence-electron chi connectivity index (χ2n) is 4.70. The standard InChI is InChI=1S/C13H14ClF3O/c1-18-13(3-2-4-13)7-9(14)8-5-11(16)12(17)6-10(8)15/h5-6,9H,2-4,7H2,1H3. The molecule has 100 valence electrons. The summed E-state index contributed by atoms with van der Waals surface area (Å²) in [5.41, 5.74) is -0.358. The van der Waals surface area contributed by atoms with E-state index in [4.69, 9.17) is 16.3 Å². The Bertz CT molecular complexity index is 441. The third-order valence-corrected chi connectivity index (χ3v) is 4.02. The van der Waals surface area contributed by atoms with Gasteiger partial charge in [0.25, 0.3) is 0 Å². The Balaban J connectivity index is 2.18. The fourth-order valence-corrected chi connectivity index (χ4v) is 2.73. The molecule has 0 saturated heterocycles. The van der Waals surface area contributed by atoms with Crippen LogP contribution in [0.15, 0.2) is 12.1 Å². The molecule has 0 amide bonds. The number of halogens is 4. The zero-order chi connectivity index (χ0) is 13.3. The quantitative estimate of drug-likeness (QED) is 0.588. The Labute approximate surface area is 109 Å². The molecule has 1 aliphatic rings. The molecular weight excluding hydrogens is 265 g/mol. The van der Waals surface area contributed by atoms with Gasteiger partial charge in [-0.2, -0.15) is 0 Å². The van der Waals surface area contributed by atoms with E-state index >= 15 is 0 Å². The second-order valence-corrected chi connectivity index (χ2v) is 5.23. The molecule has 0 heterocycles. The lowest BCUT2D eigenvalue weighted by molar-refractivity contribution is -0.0781. The van der Waals surface area contributed by atoms with Gasteiger partial charge >= 0.3 is 0 Å². The average molecular weight is 279 g/mol. The lowest BCUT2D eigenvalue weighted by Crippen LogP contribution is -2.40. The van der Waals surface area contributed by atoms with Gasteiger partial charge in [-0.25, -0.2) is 13.2 Å². The second kappa shape index (κ2) is 5.10. The Kier molecular flexibility index (Phi) is 3.87. The van der Waals surface area contributed by atoms with Crippen molar-refractivity contribution in [1.29, 1.82) is 0 Å². The van der Waals surface area contributed by atoms with E-state index in [1.54, 1.807) is 7.11 Å². The van der Waals surface area contributed by atoms with E-state index in [-0.39, 0.29) is 11.2 Å². The summed E-state index contributed by atoms with van der Waals surface area (Å²) < 4.78 is 44.9. The van der Waals surface area contributed by atoms with E-state index in [1.807, 2.05) is 0 Å². The highest BCUT2D eigenvalue weighted by molar-refractivity contribution is 6.20. The summed E-state index contributed by atoms with van der Waals surface area (Å²) >= 11 is 6.10. The summed E-state index contributed by atoms with van der Waals surface area (Å²) in [6.07, 6.45) is 3.15. The molecule has 1 nitrogen and oxygen atoms in total. The highest BCUT2D eigenvalue weighted by atomic mass is 35.5. The van der Waals surface area contributed by atoms with Crippen molar-refractivity contribution < 1.29 is 17.9 Å². The molecule has 0 radical (unpaired) electrons. The van der Waals surface area contributed by atoms with E-state index in [9.17, 15) is 13.2 Å². The molecule has 1 saturated carbocycles. The van der Waals surface area contributed by atoms with Gasteiger partial charge in [-0.05, 0) is 31.7 Å². The Morgan fingerprint density at radius 3 is 2.33 bits per heavy atom. The smallest absolute Gasteiger partial charge is 0.161 e. The summed E-state index contributed by atoms with van der Waals surface area (Å²) in [6, 6.07) is 1.35. The summed E-state index contributed by atoms with van der Waals surface area (Å²) in [4.78, 5) is 0. The van der Waals surface area contributed by atoms with E-state index in [0.29, 0.717) is 12.5 Å². The molecule has 1 fully saturated rings. The van der Waals surface area contributed by atoms with Crippen LogP contribution in [0, 0.1) is 17.5 Å².